The summed E-state index contributed by atoms with van der Waals surface area (Å²) in [4.78, 5) is 13.7. The lowest BCUT2D eigenvalue weighted by Crippen LogP contribution is -2.40. The number of likely N-dealkylation sites (tertiary alicyclic amines) is 1. The summed E-state index contributed by atoms with van der Waals surface area (Å²) in [7, 11) is 1.46. The van der Waals surface area contributed by atoms with E-state index in [1.165, 1.54) is 20.0 Å². The maximum Gasteiger partial charge on any atom is 0.322 e. The number of esters is 1. The Balaban J connectivity index is 2.54. The predicted octanol–water partition coefficient (Wildman–Crippen LogP) is 2.06. The van der Waals surface area contributed by atoms with Gasteiger partial charge < -0.3 is 4.74 Å². The Hall–Kier alpha value is -0.570. The fourth-order valence-electron chi connectivity index (χ4n) is 2.15. The summed E-state index contributed by atoms with van der Waals surface area (Å²) in [5.74, 6) is -0.116. The van der Waals surface area contributed by atoms with Crippen LogP contribution in [0.4, 0.5) is 0 Å². The molecule has 0 aromatic heterocycles. The Bertz CT molecular complexity index is 226. The average Bonchev–Trinajstić information content (AvgIpc) is 2.37. The fourth-order valence-corrected chi connectivity index (χ4v) is 2.15. The van der Waals surface area contributed by atoms with Crippen LogP contribution >= 0.6 is 0 Å². The number of nitrogens with zero attached hydrogens (tertiary/aromatic N) is 1. The van der Waals surface area contributed by atoms with Crippen molar-refractivity contribution >= 4 is 5.97 Å². The summed E-state index contributed by atoms with van der Waals surface area (Å²) in [5, 5.41) is 0. The van der Waals surface area contributed by atoms with Gasteiger partial charge in [-0.3, -0.25) is 9.69 Å². The fraction of sp³-hybridized carbons (Fsp3) is 0.917. The van der Waals surface area contributed by atoms with Crippen LogP contribution < -0.4 is 0 Å². The summed E-state index contributed by atoms with van der Waals surface area (Å²) in [6, 6.07) is -0.0936. The maximum absolute atomic E-state index is 11.4. The first-order chi connectivity index (χ1) is 6.96. The van der Waals surface area contributed by atoms with Gasteiger partial charge in [-0.2, -0.15) is 0 Å². The van der Waals surface area contributed by atoms with Crippen LogP contribution in [0.1, 0.15) is 40.0 Å². The van der Waals surface area contributed by atoms with E-state index in [0.29, 0.717) is 5.41 Å². The van der Waals surface area contributed by atoms with Gasteiger partial charge in [-0.25, -0.2) is 0 Å². The van der Waals surface area contributed by atoms with Crippen molar-refractivity contribution in [1.82, 2.24) is 4.90 Å². The van der Waals surface area contributed by atoms with Crippen molar-refractivity contribution in [1.29, 1.82) is 0 Å². The van der Waals surface area contributed by atoms with Crippen LogP contribution in [0.25, 0.3) is 0 Å². The molecule has 0 aliphatic carbocycles. The highest BCUT2D eigenvalue weighted by Crippen LogP contribution is 2.30. The third-order valence-electron chi connectivity index (χ3n) is 3.46. The third-order valence-corrected chi connectivity index (χ3v) is 3.46. The zero-order valence-electron chi connectivity index (χ0n) is 10.4. The van der Waals surface area contributed by atoms with Crippen LogP contribution in [0, 0.1) is 5.41 Å². The molecule has 1 unspecified atom stereocenters. The molecular weight excluding hydrogens is 190 g/mol. The van der Waals surface area contributed by atoms with E-state index in [0.717, 1.165) is 19.5 Å². The topological polar surface area (TPSA) is 29.5 Å². The molecular formula is C12H23NO2. The molecule has 3 heteroatoms. The van der Waals surface area contributed by atoms with E-state index >= 15 is 0 Å². The van der Waals surface area contributed by atoms with Gasteiger partial charge in [0, 0.05) is 0 Å². The molecule has 3 nitrogen and oxygen atoms in total. The average molecular weight is 213 g/mol. The first kappa shape index (κ1) is 12.5. The van der Waals surface area contributed by atoms with Crippen LogP contribution in [0.5, 0.6) is 0 Å². The van der Waals surface area contributed by atoms with Crippen LogP contribution in [-0.2, 0) is 9.53 Å². The predicted molar refractivity (Wildman–Crippen MR) is 60.7 cm³/mol. The minimum atomic E-state index is -0.116. The Labute approximate surface area is 92.8 Å². The van der Waals surface area contributed by atoms with Gasteiger partial charge in [-0.1, -0.05) is 13.8 Å². The molecule has 0 spiro atoms. The molecule has 15 heavy (non-hydrogen) atoms. The number of ether oxygens (including phenoxy) is 1. The van der Waals surface area contributed by atoms with E-state index < -0.39 is 0 Å². The molecule has 0 saturated carbocycles. The summed E-state index contributed by atoms with van der Waals surface area (Å²) in [6.45, 7) is 8.56. The van der Waals surface area contributed by atoms with Crippen molar-refractivity contribution in [2.75, 3.05) is 20.2 Å². The number of carbonyl (C=O) groups is 1. The number of methoxy groups -OCH3 is 1. The maximum atomic E-state index is 11.4. The van der Waals surface area contributed by atoms with E-state index in [2.05, 4.69) is 18.7 Å². The Morgan fingerprint density at radius 3 is 2.60 bits per heavy atom. The highest BCUT2D eigenvalue weighted by molar-refractivity contribution is 5.75. The second-order valence-corrected chi connectivity index (χ2v) is 5.25. The number of carbonyl (C=O) groups excluding carboxylic acids is 1. The van der Waals surface area contributed by atoms with Crippen molar-refractivity contribution < 1.29 is 9.53 Å². The van der Waals surface area contributed by atoms with Gasteiger partial charge in [0.1, 0.15) is 6.04 Å². The molecule has 1 saturated heterocycles. The minimum Gasteiger partial charge on any atom is -0.468 e. The van der Waals surface area contributed by atoms with Gasteiger partial charge in [0.15, 0.2) is 0 Å². The van der Waals surface area contributed by atoms with Gasteiger partial charge >= 0.3 is 5.97 Å². The lowest BCUT2D eigenvalue weighted by molar-refractivity contribution is -0.146. The molecule has 0 radical (unpaired) electrons. The number of rotatable bonds is 2. The summed E-state index contributed by atoms with van der Waals surface area (Å²) in [5.41, 5.74) is 0.421. The Morgan fingerprint density at radius 1 is 1.33 bits per heavy atom. The van der Waals surface area contributed by atoms with Crippen molar-refractivity contribution in [2.45, 2.75) is 46.1 Å². The van der Waals surface area contributed by atoms with Crippen molar-refractivity contribution in [3.63, 3.8) is 0 Å². The smallest absolute Gasteiger partial charge is 0.322 e. The molecule has 0 aromatic carbocycles. The second-order valence-electron chi connectivity index (χ2n) is 5.25. The lowest BCUT2D eigenvalue weighted by Gasteiger charge is -2.26. The van der Waals surface area contributed by atoms with Gasteiger partial charge in [-0.05, 0) is 44.7 Å². The molecule has 1 fully saturated rings. The highest BCUT2D eigenvalue weighted by atomic mass is 16.5. The Kier molecular flexibility index (Phi) is 4.14. The standard InChI is InChI=1S/C12H23NO2/c1-10(11(14)15-4)13-8-5-6-12(2,3)7-9-13/h10H,5-9H2,1-4H3. The van der Waals surface area contributed by atoms with E-state index in [-0.39, 0.29) is 12.0 Å². The van der Waals surface area contributed by atoms with Crippen molar-refractivity contribution in [2.24, 2.45) is 5.41 Å². The number of hydrogen-bond acceptors (Lipinski definition) is 3. The first-order valence-electron chi connectivity index (χ1n) is 5.78. The van der Waals surface area contributed by atoms with Crippen LogP contribution in [0.15, 0.2) is 0 Å². The second kappa shape index (κ2) is 4.97. The largest absolute Gasteiger partial charge is 0.468 e. The lowest BCUT2D eigenvalue weighted by atomic mass is 9.85. The minimum absolute atomic E-state index is 0.0936. The molecule has 0 bridgehead atoms. The van der Waals surface area contributed by atoms with Crippen molar-refractivity contribution in [3.8, 4) is 0 Å². The molecule has 0 N–H and O–H groups in total. The molecule has 1 aliphatic heterocycles. The van der Waals surface area contributed by atoms with Gasteiger partial charge in [0.2, 0.25) is 0 Å². The monoisotopic (exact) mass is 213 g/mol. The van der Waals surface area contributed by atoms with Gasteiger partial charge in [0.05, 0.1) is 7.11 Å². The quantitative estimate of drug-likeness (QED) is 0.658. The molecule has 1 rings (SSSR count). The molecule has 1 atom stereocenters. The van der Waals surface area contributed by atoms with Crippen LogP contribution in [-0.4, -0.2) is 37.1 Å². The molecule has 0 aromatic rings. The first-order valence-corrected chi connectivity index (χ1v) is 5.78. The van der Waals surface area contributed by atoms with Crippen LogP contribution in [0.3, 0.4) is 0 Å². The van der Waals surface area contributed by atoms with Crippen molar-refractivity contribution in [3.05, 3.63) is 0 Å². The SMILES string of the molecule is COC(=O)C(C)N1CCCC(C)(C)CC1. The summed E-state index contributed by atoms with van der Waals surface area (Å²) < 4.78 is 4.78. The zero-order valence-corrected chi connectivity index (χ0v) is 10.4. The molecule has 1 heterocycles. The molecule has 88 valence electrons. The normalized spacial score (nSPS) is 24.3. The summed E-state index contributed by atoms with van der Waals surface area (Å²) >= 11 is 0. The zero-order chi connectivity index (χ0) is 11.5. The summed E-state index contributed by atoms with van der Waals surface area (Å²) in [6.07, 6.45) is 3.58. The third kappa shape index (κ3) is 3.49. The van der Waals surface area contributed by atoms with E-state index in [1.807, 2.05) is 6.92 Å². The van der Waals surface area contributed by atoms with Gasteiger partial charge in [0.25, 0.3) is 0 Å². The highest BCUT2D eigenvalue weighted by Gasteiger charge is 2.28. The number of hydrogen-bond donors (Lipinski definition) is 0. The molecule has 1 aliphatic rings. The Morgan fingerprint density at radius 2 is 2.00 bits per heavy atom. The van der Waals surface area contributed by atoms with E-state index in [9.17, 15) is 4.79 Å². The van der Waals surface area contributed by atoms with Gasteiger partial charge in [-0.15, -0.1) is 0 Å². The molecule has 0 amide bonds. The van der Waals surface area contributed by atoms with Crippen LogP contribution in [0.2, 0.25) is 0 Å². The van der Waals surface area contributed by atoms with E-state index in [4.69, 9.17) is 4.74 Å². The van der Waals surface area contributed by atoms with E-state index in [1.54, 1.807) is 0 Å².